The zero-order chi connectivity index (χ0) is 76.8. The molecule has 8 atom stereocenters. The quantitative estimate of drug-likeness (QED) is 0.0267. The number of Topliss-reactive ketones (excluding diaryl/α,β-unsaturated/α-hetero) is 1. The van der Waals surface area contributed by atoms with Gasteiger partial charge in [0, 0.05) is 44.8 Å². The first-order valence-corrected chi connectivity index (χ1v) is 36.6. The van der Waals surface area contributed by atoms with Crippen LogP contribution in [0.3, 0.4) is 0 Å². The third-order valence-electron chi connectivity index (χ3n) is 18.9. The fraction of sp³-hybridized carbons (Fsp3) is 0.529. The van der Waals surface area contributed by atoms with E-state index in [0.29, 0.717) is 30.4 Å². The summed E-state index contributed by atoms with van der Waals surface area (Å²) in [6.07, 6.45) is 0.593. The van der Waals surface area contributed by atoms with Crippen LogP contribution < -0.4 is 5.32 Å². The van der Waals surface area contributed by atoms with Gasteiger partial charge in [0.15, 0.2) is 5.78 Å². The van der Waals surface area contributed by atoms with E-state index in [0.717, 1.165) is 65.5 Å². The van der Waals surface area contributed by atoms with Crippen LogP contribution in [0, 0.1) is 20.8 Å². The summed E-state index contributed by atoms with van der Waals surface area (Å²) in [5, 5.41) is 5.17. The van der Waals surface area contributed by atoms with E-state index in [4.69, 9.17) is 9.47 Å². The van der Waals surface area contributed by atoms with Crippen molar-refractivity contribution in [2.75, 3.05) is 19.7 Å². The number of hydrogen-bond donors (Lipinski definition) is 1. The Morgan fingerprint density at radius 1 is 0.644 bits per heavy atom. The van der Waals surface area contributed by atoms with Crippen LogP contribution in [0.5, 0.6) is 0 Å². The largest absolute Gasteiger partial charge is 0.471 e. The molecule has 0 spiro atoms. The zero-order valence-corrected chi connectivity index (χ0v) is 63.4. The van der Waals surface area contributed by atoms with Gasteiger partial charge in [-0.25, -0.2) is 27.2 Å². The highest BCUT2D eigenvalue weighted by Crippen LogP contribution is 2.36. The van der Waals surface area contributed by atoms with Crippen molar-refractivity contribution in [2.45, 2.75) is 274 Å². The number of aryl methyl sites for hydroxylation is 4. The van der Waals surface area contributed by atoms with Gasteiger partial charge in [0.1, 0.15) is 42.4 Å². The van der Waals surface area contributed by atoms with Gasteiger partial charge >= 0.3 is 24.1 Å². The van der Waals surface area contributed by atoms with Gasteiger partial charge < -0.3 is 29.5 Å². The minimum Gasteiger partial charge on any atom is -0.464 e. The number of alkyl halides is 7. The maximum atomic E-state index is 15.0. The van der Waals surface area contributed by atoms with Gasteiger partial charge in [-0.05, 0) is 169 Å². The fourth-order valence-electron chi connectivity index (χ4n) is 12.7. The van der Waals surface area contributed by atoms with Crippen molar-refractivity contribution in [3.05, 3.63) is 190 Å². The number of ketones is 1. The van der Waals surface area contributed by atoms with Crippen LogP contribution in [-0.4, -0.2) is 105 Å². The third kappa shape index (κ3) is 28.4. The molecule has 6 aromatic rings. The fourth-order valence-corrected chi connectivity index (χ4v) is 12.7. The first kappa shape index (κ1) is 90.1. The normalized spacial score (nSPS) is 14.9. The Labute approximate surface area is 615 Å². The highest BCUT2D eigenvalue weighted by atomic mass is 19.4. The second-order valence-electron chi connectivity index (χ2n) is 28.0. The van der Waals surface area contributed by atoms with E-state index in [-0.39, 0.29) is 62.4 Å². The predicted molar refractivity (Wildman–Crippen MR) is 404 cm³/mol. The molecule has 6 aromatic carbocycles. The summed E-state index contributed by atoms with van der Waals surface area (Å²) in [6.45, 7) is 27.1. The van der Waals surface area contributed by atoms with E-state index in [1.54, 1.807) is 24.0 Å². The van der Waals surface area contributed by atoms with Crippen molar-refractivity contribution in [2.24, 2.45) is 0 Å². The average molecular weight is 1460 g/mol. The van der Waals surface area contributed by atoms with E-state index in [1.165, 1.54) is 86.4 Å². The summed E-state index contributed by atoms with van der Waals surface area (Å²) in [7, 11) is 0. The van der Waals surface area contributed by atoms with Crippen LogP contribution >= 0.6 is 0 Å². The maximum absolute atomic E-state index is 15.0. The van der Waals surface area contributed by atoms with Crippen molar-refractivity contribution in [3.63, 3.8) is 0 Å². The summed E-state index contributed by atoms with van der Waals surface area (Å²) < 4.78 is 109. The number of benzene rings is 6. The monoisotopic (exact) mass is 1450 g/mol. The molecule has 4 amide bonds. The summed E-state index contributed by atoms with van der Waals surface area (Å²) in [6, 6.07) is 38.0. The molecule has 0 aliphatic carbocycles. The molecular weight excluding hydrogens is 1340 g/mol. The van der Waals surface area contributed by atoms with Crippen LogP contribution in [0.25, 0.3) is 10.8 Å². The number of ether oxygens (including phenoxy) is 2. The number of unbranched alkanes of at least 4 members (excludes halogenated alkanes) is 5. The van der Waals surface area contributed by atoms with E-state index < -0.39 is 96.2 Å². The molecular formula is C85H117F7N4O8. The van der Waals surface area contributed by atoms with Gasteiger partial charge in [-0.2, -0.15) is 13.2 Å². The topological polar surface area (TPSA) is 143 Å². The molecule has 1 aliphatic rings. The number of amides is 4. The number of fused-ring (bicyclic) bond motifs is 1. The number of nitrogens with one attached hydrogen (secondary N) is 1. The van der Waals surface area contributed by atoms with Gasteiger partial charge in [-0.1, -0.05) is 212 Å². The number of esters is 1. The highest BCUT2D eigenvalue weighted by Gasteiger charge is 2.51. The lowest BCUT2D eigenvalue weighted by molar-refractivity contribution is -0.192. The molecule has 0 bridgehead atoms. The lowest BCUT2D eigenvalue weighted by atomic mass is 9.85. The lowest BCUT2D eigenvalue weighted by Crippen LogP contribution is -2.59. The molecule has 1 heterocycles. The van der Waals surface area contributed by atoms with Gasteiger partial charge in [0.25, 0.3) is 0 Å². The van der Waals surface area contributed by atoms with Gasteiger partial charge in [-0.3, -0.25) is 19.2 Å². The van der Waals surface area contributed by atoms with Gasteiger partial charge in [-0.15, -0.1) is 0 Å². The summed E-state index contributed by atoms with van der Waals surface area (Å²) >= 11 is 0. The summed E-state index contributed by atoms with van der Waals surface area (Å²) in [4.78, 5) is 77.5. The molecule has 4 unspecified atom stereocenters. The molecule has 7 rings (SSSR count). The molecule has 0 radical (unpaired) electrons. The highest BCUT2D eigenvalue weighted by molar-refractivity contribution is 5.96. The van der Waals surface area contributed by atoms with Crippen LogP contribution in [-0.2, 0) is 39.9 Å². The second kappa shape index (κ2) is 44.0. The Bertz CT molecular complexity index is 3590. The number of nitrogens with zero attached hydrogens (tertiary/aromatic N) is 3. The van der Waals surface area contributed by atoms with Crippen molar-refractivity contribution < 1.29 is 69.0 Å². The molecule has 1 fully saturated rings. The average Bonchev–Trinajstić information content (AvgIpc) is 1.15. The van der Waals surface area contributed by atoms with Crippen molar-refractivity contribution in [3.8, 4) is 0 Å². The van der Waals surface area contributed by atoms with E-state index in [2.05, 4.69) is 42.6 Å². The molecule has 1 aliphatic heterocycles. The number of carbonyl (C=O) groups is 6. The van der Waals surface area contributed by atoms with Gasteiger partial charge in [0.05, 0.1) is 18.7 Å². The molecule has 104 heavy (non-hydrogen) atoms. The first-order valence-electron chi connectivity index (χ1n) is 36.6. The smallest absolute Gasteiger partial charge is 0.464 e. The van der Waals surface area contributed by atoms with Crippen LogP contribution in [0.15, 0.2) is 140 Å². The minimum absolute atomic E-state index is 0. The Balaban J connectivity index is 0.000000375. The van der Waals surface area contributed by atoms with E-state index in [1.807, 2.05) is 142 Å². The summed E-state index contributed by atoms with van der Waals surface area (Å²) in [5.74, 6) is -5.07. The molecule has 1 N–H and O–H groups in total. The number of halogens is 7. The zero-order valence-electron chi connectivity index (χ0n) is 63.4. The molecule has 19 heteroatoms. The second-order valence-corrected chi connectivity index (χ2v) is 28.0. The van der Waals surface area contributed by atoms with Crippen molar-refractivity contribution >= 4 is 46.3 Å². The summed E-state index contributed by atoms with van der Waals surface area (Å²) in [5.41, 5.74) is 6.93. The van der Waals surface area contributed by atoms with Crippen LogP contribution in [0.2, 0.25) is 0 Å². The number of carbonyl (C=O) groups excluding carboxylic acids is 6. The van der Waals surface area contributed by atoms with Crippen LogP contribution in [0.4, 0.5) is 35.5 Å². The Morgan fingerprint density at radius 3 is 1.80 bits per heavy atom. The molecule has 0 saturated carbocycles. The standard InChI is InChI=1S/C27H32FNO2.C23H28F4N2O5.C23H38FNO.C11H15F.CH4/c1-19-10-8-13-22(18-19)25(28)16-17-29(26(30)31-27(3,4)5)20(2)23-15-9-12-21-11-6-7-14-24(21)23;1-4-34-21(32)18-11-8-12-28(18)20(31)14(2)29(22(33)23(25,26)27)19(15(3)30)13-17(24)16-9-6-5-7-10-16;1-5-8-9-10-11-12-13-20-14-16-21(17-15-20)22(24)18-23(6-2,7-3)25-19(4)26;1-4-11(12)10-6-5-8(2)9(3)7-10;/h6-15,18,20,25H,16-17H2,1-5H3;5-7,9-10,14,17-19H,4,8,11-13H2,1-3H3;14-17,22H,5-13,18H2,1-4H3,(H,25,26);5-7,11H,4H2,1-3H3;1H4/t20-,25?;14-,17?,18-,19-;;;/m10.../s1. The van der Waals surface area contributed by atoms with Crippen LogP contribution in [0.1, 0.15) is 261 Å². The lowest BCUT2D eigenvalue weighted by Gasteiger charge is -2.37. The first-order chi connectivity index (χ1) is 48.7. The predicted octanol–water partition coefficient (Wildman–Crippen LogP) is 22.0. The van der Waals surface area contributed by atoms with Gasteiger partial charge in [0.2, 0.25) is 11.8 Å². The number of rotatable bonds is 30. The molecule has 0 aromatic heterocycles. The minimum atomic E-state index is -5.41. The molecule has 574 valence electrons. The van der Waals surface area contributed by atoms with Crippen molar-refractivity contribution in [1.82, 2.24) is 20.0 Å². The Hall–Kier alpha value is -8.09. The molecule has 12 nitrogen and oxygen atoms in total. The molecule has 1 saturated heterocycles. The van der Waals surface area contributed by atoms with Crippen molar-refractivity contribution in [1.29, 1.82) is 0 Å². The number of likely N-dealkylation sites (tertiary alicyclic amines) is 1. The Kier molecular flexibility index (Phi) is 38.1. The van der Waals surface area contributed by atoms with E-state index in [9.17, 15) is 55.1 Å². The maximum Gasteiger partial charge on any atom is 0.471 e. The Morgan fingerprint density at radius 2 is 1.22 bits per heavy atom. The third-order valence-corrected chi connectivity index (χ3v) is 18.9. The van der Waals surface area contributed by atoms with E-state index >= 15 is 4.39 Å². The SMILES string of the molecule is C.CCC(F)c1ccc(C)c(C)c1.CCCCCCCCc1ccc(C(F)CC(CC)(CC)NC(C)=O)cc1.CCOC(=O)[C@@H]1CCCN1C(=O)[C@H](C)N(C(=O)C(F)(F)F)[C@@H](CC(F)c1ccccc1)C(C)=O.Cc1cccc(C(F)CCN(C(=O)OC(C)(C)C)[C@H](C)c2cccc3ccccc23)c1. The number of hydrogen-bond acceptors (Lipinski definition) is 8.